The molecule has 134 valence electrons. The first-order chi connectivity index (χ1) is 11.7. The highest BCUT2D eigenvalue weighted by atomic mass is 32.2. The number of carbonyl (C=O) groups excluding carboxylic acids is 1. The molecule has 1 amide bonds. The number of carbonyl (C=O) groups is 1. The van der Waals surface area contributed by atoms with E-state index in [1.54, 1.807) is 19.1 Å². The maximum absolute atomic E-state index is 13.1. The van der Waals surface area contributed by atoms with Crippen LogP contribution >= 0.6 is 11.8 Å². The largest absolute Gasteiger partial charge is 0.325 e. The quantitative estimate of drug-likeness (QED) is 0.749. The smallest absolute Gasteiger partial charge is 0.240 e. The fraction of sp³-hybridized carbons (Fsp3) is 0.188. The van der Waals surface area contributed by atoms with Crippen LogP contribution in [0.1, 0.15) is 5.56 Å². The minimum Gasteiger partial charge on any atom is -0.325 e. The van der Waals surface area contributed by atoms with Crippen LogP contribution in [0.5, 0.6) is 0 Å². The fourth-order valence-corrected chi connectivity index (χ4v) is 3.70. The van der Waals surface area contributed by atoms with Gasteiger partial charge in [0.25, 0.3) is 0 Å². The van der Waals surface area contributed by atoms with Crippen LogP contribution in [0.3, 0.4) is 0 Å². The molecular weight excluding hydrogens is 370 g/mol. The molecule has 5 nitrogen and oxygen atoms in total. The van der Waals surface area contributed by atoms with Crippen molar-refractivity contribution in [2.24, 2.45) is 0 Å². The standard InChI is InChI=1S/C16H16F2N2O3S2/c1-10-3-4-11(7-15(10)25(22,23)19-2)20-16(21)9-24-12-5-6-13(17)14(18)8-12/h3-8,19H,9H2,1-2H3,(H,20,21). The molecule has 2 aromatic rings. The molecule has 0 saturated carbocycles. The van der Waals surface area contributed by atoms with E-state index in [1.807, 2.05) is 0 Å². The zero-order valence-electron chi connectivity index (χ0n) is 13.5. The summed E-state index contributed by atoms with van der Waals surface area (Å²) in [5, 5.41) is 2.58. The van der Waals surface area contributed by atoms with Crippen LogP contribution in [0.4, 0.5) is 14.5 Å². The number of amides is 1. The predicted molar refractivity (Wildman–Crippen MR) is 93.1 cm³/mol. The second kappa shape index (κ2) is 7.94. The summed E-state index contributed by atoms with van der Waals surface area (Å²) in [6, 6.07) is 7.91. The molecule has 2 aromatic carbocycles. The highest BCUT2D eigenvalue weighted by Gasteiger charge is 2.16. The number of halogens is 2. The number of hydrogen-bond donors (Lipinski definition) is 2. The molecule has 0 aliphatic heterocycles. The number of nitrogens with one attached hydrogen (secondary N) is 2. The minimum atomic E-state index is -3.63. The maximum Gasteiger partial charge on any atom is 0.240 e. The summed E-state index contributed by atoms with van der Waals surface area (Å²) in [7, 11) is -2.33. The van der Waals surface area contributed by atoms with Crippen molar-refractivity contribution in [1.82, 2.24) is 4.72 Å². The normalized spacial score (nSPS) is 11.4. The van der Waals surface area contributed by atoms with Crippen LogP contribution in [0.2, 0.25) is 0 Å². The summed E-state index contributed by atoms with van der Waals surface area (Å²) in [6.45, 7) is 1.65. The molecule has 0 spiro atoms. The second-order valence-corrected chi connectivity index (χ2v) is 8.00. The summed E-state index contributed by atoms with van der Waals surface area (Å²) in [4.78, 5) is 12.5. The van der Waals surface area contributed by atoms with E-state index < -0.39 is 27.6 Å². The van der Waals surface area contributed by atoms with Gasteiger partial charge in [-0.05, 0) is 49.9 Å². The van der Waals surface area contributed by atoms with Crippen LogP contribution in [0, 0.1) is 18.6 Å². The van der Waals surface area contributed by atoms with E-state index >= 15 is 0 Å². The lowest BCUT2D eigenvalue weighted by Gasteiger charge is -2.10. The van der Waals surface area contributed by atoms with Crippen LogP contribution in [-0.2, 0) is 14.8 Å². The van der Waals surface area contributed by atoms with Crippen molar-refractivity contribution in [2.75, 3.05) is 18.1 Å². The Hall–Kier alpha value is -1.97. The molecule has 0 aliphatic carbocycles. The number of hydrogen-bond acceptors (Lipinski definition) is 4. The predicted octanol–water partition coefficient (Wildman–Crippen LogP) is 2.91. The average molecular weight is 386 g/mol. The van der Waals surface area contributed by atoms with Crippen LogP contribution in [-0.4, -0.2) is 27.1 Å². The molecule has 0 radical (unpaired) electrons. The summed E-state index contributed by atoms with van der Waals surface area (Å²) < 4.78 is 52.1. The van der Waals surface area contributed by atoms with Gasteiger partial charge in [-0.2, -0.15) is 0 Å². The third-order valence-electron chi connectivity index (χ3n) is 3.29. The van der Waals surface area contributed by atoms with E-state index in [2.05, 4.69) is 10.0 Å². The van der Waals surface area contributed by atoms with Gasteiger partial charge in [-0.1, -0.05) is 6.07 Å². The third-order valence-corrected chi connectivity index (χ3v) is 5.84. The Morgan fingerprint density at radius 3 is 2.48 bits per heavy atom. The Balaban J connectivity index is 2.05. The lowest BCUT2D eigenvalue weighted by Crippen LogP contribution is -2.20. The van der Waals surface area contributed by atoms with Crippen LogP contribution in [0.25, 0.3) is 0 Å². The molecule has 0 atom stereocenters. The van der Waals surface area contributed by atoms with Crippen LogP contribution < -0.4 is 10.0 Å². The summed E-state index contributed by atoms with van der Waals surface area (Å²) in [6.07, 6.45) is 0. The number of sulfonamides is 1. The maximum atomic E-state index is 13.1. The molecule has 0 unspecified atom stereocenters. The second-order valence-electron chi connectivity index (χ2n) is 5.10. The van der Waals surface area contributed by atoms with Gasteiger partial charge in [0.2, 0.25) is 15.9 Å². The molecule has 9 heteroatoms. The molecule has 2 rings (SSSR count). The molecule has 0 aromatic heterocycles. The first-order valence-electron chi connectivity index (χ1n) is 7.15. The average Bonchev–Trinajstić information content (AvgIpc) is 2.57. The first-order valence-corrected chi connectivity index (χ1v) is 9.61. The van der Waals surface area contributed by atoms with Gasteiger partial charge in [0, 0.05) is 10.6 Å². The SMILES string of the molecule is CNS(=O)(=O)c1cc(NC(=O)CSc2ccc(F)c(F)c2)ccc1C. The Bertz CT molecular complexity index is 902. The van der Waals surface area contributed by atoms with Gasteiger partial charge >= 0.3 is 0 Å². The molecular formula is C16H16F2N2O3S2. The van der Waals surface area contributed by atoms with Crippen molar-refractivity contribution in [2.45, 2.75) is 16.7 Å². The van der Waals surface area contributed by atoms with E-state index in [-0.39, 0.29) is 10.6 Å². The van der Waals surface area contributed by atoms with Gasteiger partial charge < -0.3 is 5.32 Å². The number of aryl methyl sites for hydroxylation is 1. The Morgan fingerprint density at radius 2 is 1.84 bits per heavy atom. The van der Waals surface area contributed by atoms with Gasteiger partial charge in [-0.3, -0.25) is 4.79 Å². The Labute approximate surface area is 148 Å². The number of thioether (sulfide) groups is 1. The van der Waals surface area contributed by atoms with Gasteiger partial charge in [0.05, 0.1) is 10.6 Å². The Kier molecular flexibility index (Phi) is 6.15. The molecule has 0 aliphatic rings. The molecule has 0 fully saturated rings. The molecule has 0 bridgehead atoms. The lowest BCUT2D eigenvalue weighted by molar-refractivity contribution is -0.113. The van der Waals surface area contributed by atoms with E-state index in [9.17, 15) is 22.0 Å². The van der Waals surface area contributed by atoms with E-state index in [4.69, 9.17) is 0 Å². The zero-order valence-corrected chi connectivity index (χ0v) is 15.1. The van der Waals surface area contributed by atoms with Gasteiger partial charge in [0.15, 0.2) is 11.6 Å². The molecule has 25 heavy (non-hydrogen) atoms. The number of rotatable bonds is 6. The van der Waals surface area contributed by atoms with Gasteiger partial charge in [-0.25, -0.2) is 21.9 Å². The summed E-state index contributed by atoms with van der Waals surface area (Å²) in [5.41, 5.74) is 0.874. The van der Waals surface area contributed by atoms with Crippen molar-refractivity contribution < 1.29 is 22.0 Å². The highest BCUT2D eigenvalue weighted by Crippen LogP contribution is 2.22. The van der Waals surface area contributed by atoms with Crippen molar-refractivity contribution in [3.8, 4) is 0 Å². The van der Waals surface area contributed by atoms with Crippen molar-refractivity contribution in [3.05, 3.63) is 53.6 Å². The first kappa shape index (κ1) is 19.4. The fourth-order valence-electron chi connectivity index (χ4n) is 1.99. The van der Waals surface area contributed by atoms with Crippen LogP contribution in [0.15, 0.2) is 46.2 Å². The lowest BCUT2D eigenvalue weighted by atomic mass is 10.2. The third kappa shape index (κ3) is 5.00. The number of benzene rings is 2. The van der Waals surface area contributed by atoms with Gasteiger partial charge in [0.1, 0.15) is 0 Å². The highest BCUT2D eigenvalue weighted by molar-refractivity contribution is 8.00. The molecule has 0 saturated heterocycles. The topological polar surface area (TPSA) is 75.3 Å². The number of anilines is 1. The Morgan fingerprint density at radius 1 is 1.12 bits per heavy atom. The summed E-state index contributed by atoms with van der Waals surface area (Å²) in [5.74, 6) is -2.36. The monoisotopic (exact) mass is 386 g/mol. The zero-order chi connectivity index (χ0) is 18.6. The van der Waals surface area contributed by atoms with E-state index in [1.165, 1.54) is 19.2 Å². The van der Waals surface area contributed by atoms with Crippen molar-refractivity contribution >= 4 is 33.4 Å². The van der Waals surface area contributed by atoms with Crippen molar-refractivity contribution in [3.63, 3.8) is 0 Å². The van der Waals surface area contributed by atoms with Crippen molar-refractivity contribution in [1.29, 1.82) is 0 Å². The van der Waals surface area contributed by atoms with E-state index in [0.29, 0.717) is 16.1 Å². The minimum absolute atomic E-state index is 0.0347. The van der Waals surface area contributed by atoms with Gasteiger partial charge in [-0.15, -0.1) is 11.8 Å². The van der Waals surface area contributed by atoms with E-state index in [0.717, 1.165) is 23.9 Å². The molecule has 0 heterocycles. The molecule has 2 N–H and O–H groups in total. The summed E-state index contributed by atoms with van der Waals surface area (Å²) >= 11 is 1.04.